The van der Waals surface area contributed by atoms with Gasteiger partial charge in [-0.15, -0.1) is 11.3 Å². The number of thiophene rings is 1. The number of benzene rings is 1. The SMILES string of the molecule is Cc1nc(SCC(=O)Nc2ccc(CC#N)cc2)c2c(C)c(C)sc2n1. The first-order valence-electron chi connectivity index (χ1n) is 8.11. The predicted molar refractivity (Wildman–Crippen MR) is 107 cm³/mol. The number of aromatic nitrogens is 2. The molecule has 5 nitrogen and oxygen atoms in total. The normalized spacial score (nSPS) is 10.7. The second-order valence-electron chi connectivity index (χ2n) is 5.91. The van der Waals surface area contributed by atoms with Crippen molar-refractivity contribution in [3.05, 3.63) is 46.1 Å². The lowest BCUT2D eigenvalue weighted by Crippen LogP contribution is -2.14. The molecule has 3 rings (SSSR count). The largest absolute Gasteiger partial charge is 0.325 e. The summed E-state index contributed by atoms with van der Waals surface area (Å²) in [6.45, 7) is 6.02. The minimum Gasteiger partial charge on any atom is -0.325 e. The third-order valence-electron chi connectivity index (χ3n) is 3.97. The van der Waals surface area contributed by atoms with E-state index in [0.717, 1.165) is 32.3 Å². The van der Waals surface area contributed by atoms with Crippen molar-refractivity contribution in [1.29, 1.82) is 5.26 Å². The number of nitrogens with zero attached hydrogens (tertiary/aromatic N) is 3. The summed E-state index contributed by atoms with van der Waals surface area (Å²) in [4.78, 5) is 23.5. The fraction of sp³-hybridized carbons (Fsp3) is 0.263. The van der Waals surface area contributed by atoms with Gasteiger partial charge in [0, 0.05) is 16.0 Å². The summed E-state index contributed by atoms with van der Waals surface area (Å²) in [5.41, 5.74) is 2.84. The van der Waals surface area contributed by atoms with Crippen LogP contribution < -0.4 is 5.32 Å². The Kier molecular flexibility index (Phi) is 5.55. The Bertz CT molecular complexity index is 1000. The topological polar surface area (TPSA) is 78.7 Å². The number of nitrogens with one attached hydrogen (secondary N) is 1. The van der Waals surface area contributed by atoms with Gasteiger partial charge in [0.15, 0.2) is 0 Å². The lowest BCUT2D eigenvalue weighted by molar-refractivity contribution is -0.113. The van der Waals surface area contributed by atoms with E-state index in [1.165, 1.54) is 22.2 Å². The lowest BCUT2D eigenvalue weighted by Gasteiger charge is -2.07. The van der Waals surface area contributed by atoms with Gasteiger partial charge >= 0.3 is 0 Å². The highest BCUT2D eigenvalue weighted by Crippen LogP contribution is 2.35. The monoisotopic (exact) mass is 382 g/mol. The van der Waals surface area contributed by atoms with Crippen LogP contribution in [0.1, 0.15) is 21.8 Å². The van der Waals surface area contributed by atoms with E-state index in [2.05, 4.69) is 35.2 Å². The summed E-state index contributed by atoms with van der Waals surface area (Å²) in [5, 5.41) is 13.5. The third-order valence-corrected chi connectivity index (χ3v) is 6.04. The van der Waals surface area contributed by atoms with Crippen LogP contribution in [0.5, 0.6) is 0 Å². The molecule has 0 saturated heterocycles. The van der Waals surface area contributed by atoms with E-state index in [1.54, 1.807) is 11.3 Å². The molecule has 1 N–H and O–H groups in total. The van der Waals surface area contributed by atoms with Crippen molar-refractivity contribution in [2.75, 3.05) is 11.1 Å². The van der Waals surface area contributed by atoms with Gasteiger partial charge in [-0.3, -0.25) is 4.79 Å². The van der Waals surface area contributed by atoms with Crippen LogP contribution in [0, 0.1) is 32.1 Å². The van der Waals surface area contributed by atoms with Crippen LogP contribution in [0.15, 0.2) is 29.3 Å². The summed E-state index contributed by atoms with van der Waals surface area (Å²) < 4.78 is 0. The Balaban J connectivity index is 1.70. The highest BCUT2D eigenvalue weighted by Gasteiger charge is 2.15. The molecular weight excluding hydrogens is 364 g/mol. The van der Waals surface area contributed by atoms with Crippen LogP contribution in [0.3, 0.4) is 0 Å². The Hall–Kier alpha value is -2.43. The summed E-state index contributed by atoms with van der Waals surface area (Å²) in [5.74, 6) is 0.909. The molecule has 0 aliphatic heterocycles. The van der Waals surface area contributed by atoms with Crippen molar-refractivity contribution in [2.45, 2.75) is 32.2 Å². The first-order valence-corrected chi connectivity index (χ1v) is 9.91. The quantitative estimate of drug-likeness (QED) is 0.522. The van der Waals surface area contributed by atoms with E-state index in [4.69, 9.17) is 5.26 Å². The molecule has 7 heteroatoms. The fourth-order valence-corrected chi connectivity index (χ4v) is 4.62. The number of fused-ring (bicyclic) bond motifs is 1. The molecule has 0 atom stereocenters. The molecule has 0 aliphatic rings. The number of aryl methyl sites for hydroxylation is 3. The third kappa shape index (κ3) is 4.03. The van der Waals surface area contributed by atoms with Gasteiger partial charge in [0.05, 0.1) is 18.2 Å². The number of anilines is 1. The van der Waals surface area contributed by atoms with E-state index in [-0.39, 0.29) is 11.7 Å². The van der Waals surface area contributed by atoms with Crippen LogP contribution in [0.4, 0.5) is 5.69 Å². The number of carbonyl (C=O) groups is 1. The van der Waals surface area contributed by atoms with Gasteiger partial charge in [0.1, 0.15) is 15.7 Å². The van der Waals surface area contributed by atoms with Crippen LogP contribution in [0.25, 0.3) is 10.2 Å². The van der Waals surface area contributed by atoms with Gasteiger partial charge in [-0.1, -0.05) is 23.9 Å². The van der Waals surface area contributed by atoms with Crippen LogP contribution in [-0.4, -0.2) is 21.6 Å². The highest BCUT2D eigenvalue weighted by molar-refractivity contribution is 8.00. The van der Waals surface area contributed by atoms with Crippen LogP contribution >= 0.6 is 23.1 Å². The molecule has 26 heavy (non-hydrogen) atoms. The summed E-state index contributed by atoms with van der Waals surface area (Å²) in [6, 6.07) is 9.43. The Morgan fingerprint density at radius 3 is 2.65 bits per heavy atom. The number of carbonyl (C=O) groups excluding carboxylic acids is 1. The van der Waals surface area contributed by atoms with E-state index in [9.17, 15) is 4.79 Å². The van der Waals surface area contributed by atoms with Crippen molar-refractivity contribution >= 4 is 44.9 Å². The van der Waals surface area contributed by atoms with Crippen molar-refractivity contribution in [2.24, 2.45) is 0 Å². The van der Waals surface area contributed by atoms with Crippen molar-refractivity contribution in [1.82, 2.24) is 9.97 Å². The van der Waals surface area contributed by atoms with E-state index in [0.29, 0.717) is 6.42 Å². The van der Waals surface area contributed by atoms with E-state index >= 15 is 0 Å². The van der Waals surface area contributed by atoms with Gasteiger partial charge < -0.3 is 5.32 Å². The van der Waals surface area contributed by atoms with Crippen molar-refractivity contribution < 1.29 is 4.79 Å². The molecule has 3 aromatic rings. The van der Waals surface area contributed by atoms with Crippen molar-refractivity contribution in [3.63, 3.8) is 0 Å². The number of rotatable bonds is 5. The first-order chi connectivity index (χ1) is 12.5. The van der Waals surface area contributed by atoms with E-state index in [1.807, 2.05) is 31.2 Å². The van der Waals surface area contributed by atoms with Gasteiger partial charge in [0.2, 0.25) is 5.91 Å². The van der Waals surface area contributed by atoms with E-state index < -0.39 is 0 Å². The molecular formula is C19H18N4OS2. The molecule has 2 heterocycles. The van der Waals surface area contributed by atoms with Crippen molar-refractivity contribution in [3.8, 4) is 6.07 Å². The van der Waals surface area contributed by atoms with Gasteiger partial charge in [-0.05, 0) is 44.0 Å². The molecule has 0 aliphatic carbocycles. The molecule has 0 saturated carbocycles. The molecule has 0 bridgehead atoms. The zero-order valence-electron chi connectivity index (χ0n) is 14.8. The Labute approximate surface area is 160 Å². The standard InChI is InChI=1S/C19H18N4OS2/c1-11-12(2)26-19-17(11)18(21-13(3)22-19)25-10-16(24)23-15-6-4-14(5-7-15)8-9-20/h4-7H,8,10H2,1-3H3,(H,23,24). The maximum Gasteiger partial charge on any atom is 0.234 e. The van der Waals surface area contributed by atoms with Crippen LogP contribution in [-0.2, 0) is 11.2 Å². The number of nitriles is 1. The Morgan fingerprint density at radius 1 is 1.23 bits per heavy atom. The van der Waals surface area contributed by atoms with Gasteiger partial charge in [-0.25, -0.2) is 9.97 Å². The van der Waals surface area contributed by atoms with Crippen LogP contribution in [0.2, 0.25) is 0 Å². The smallest absolute Gasteiger partial charge is 0.234 e. The molecule has 0 fully saturated rings. The molecule has 0 radical (unpaired) electrons. The number of amides is 1. The zero-order chi connectivity index (χ0) is 18.7. The number of hydrogen-bond acceptors (Lipinski definition) is 6. The Morgan fingerprint density at radius 2 is 1.96 bits per heavy atom. The molecule has 2 aromatic heterocycles. The summed E-state index contributed by atoms with van der Waals surface area (Å²) in [7, 11) is 0. The maximum absolute atomic E-state index is 12.3. The average Bonchev–Trinajstić information content (AvgIpc) is 2.89. The second-order valence-corrected chi connectivity index (χ2v) is 8.08. The number of thioether (sulfide) groups is 1. The first kappa shape index (κ1) is 18.4. The fourth-order valence-electron chi connectivity index (χ4n) is 2.55. The minimum absolute atomic E-state index is 0.0861. The number of hydrogen-bond donors (Lipinski definition) is 1. The summed E-state index contributed by atoms with van der Waals surface area (Å²) in [6.07, 6.45) is 0.368. The second kappa shape index (κ2) is 7.85. The molecule has 1 amide bonds. The molecule has 0 spiro atoms. The molecule has 132 valence electrons. The summed E-state index contributed by atoms with van der Waals surface area (Å²) >= 11 is 3.09. The van der Waals surface area contributed by atoms with Gasteiger partial charge in [0.25, 0.3) is 0 Å². The molecule has 0 unspecified atom stereocenters. The minimum atomic E-state index is -0.0861. The molecule has 1 aromatic carbocycles. The maximum atomic E-state index is 12.3. The zero-order valence-corrected chi connectivity index (χ0v) is 16.4. The lowest BCUT2D eigenvalue weighted by atomic mass is 10.1. The predicted octanol–water partition coefficient (Wildman–Crippen LogP) is 4.41. The highest BCUT2D eigenvalue weighted by atomic mass is 32.2. The van der Waals surface area contributed by atoms with Gasteiger partial charge in [-0.2, -0.15) is 5.26 Å². The average molecular weight is 383 g/mol.